The molecule has 1 aromatic carbocycles. The van der Waals surface area contributed by atoms with Crippen LogP contribution in [-0.4, -0.2) is 5.78 Å². The first-order valence-electron chi connectivity index (χ1n) is 5.08. The zero-order chi connectivity index (χ0) is 11.4. The zero-order valence-corrected chi connectivity index (χ0v) is 9.83. The first-order valence-corrected chi connectivity index (χ1v) is 5.96. The summed E-state index contributed by atoms with van der Waals surface area (Å²) in [6.45, 7) is 2.01. The highest BCUT2D eigenvalue weighted by atomic mass is 32.1. The van der Waals surface area contributed by atoms with Gasteiger partial charge in [0, 0.05) is 10.4 Å². The molecule has 2 rings (SSSR count). The molecule has 2 aromatic rings. The summed E-state index contributed by atoms with van der Waals surface area (Å²) in [6, 6.07) is 11.6. The predicted octanol–water partition coefficient (Wildman–Crippen LogP) is 3.95. The summed E-state index contributed by atoms with van der Waals surface area (Å²) in [6.07, 6.45) is 3.48. The van der Waals surface area contributed by atoms with Crippen LogP contribution in [0.15, 0.2) is 47.9 Å². The van der Waals surface area contributed by atoms with Crippen LogP contribution in [0.1, 0.15) is 20.8 Å². The second-order valence-corrected chi connectivity index (χ2v) is 4.56. The number of benzene rings is 1. The molecule has 0 atom stereocenters. The SMILES string of the molecule is Cc1ccc(C(=O)/C=C/c2cccs2)cc1. The lowest BCUT2D eigenvalue weighted by atomic mass is 10.1. The average molecular weight is 228 g/mol. The molecule has 0 aliphatic heterocycles. The second-order valence-electron chi connectivity index (χ2n) is 3.58. The molecule has 16 heavy (non-hydrogen) atoms. The van der Waals surface area contributed by atoms with E-state index in [1.807, 2.05) is 54.8 Å². The van der Waals surface area contributed by atoms with Gasteiger partial charge < -0.3 is 0 Å². The summed E-state index contributed by atoms with van der Waals surface area (Å²) in [4.78, 5) is 12.9. The molecule has 0 aliphatic rings. The number of hydrogen-bond donors (Lipinski definition) is 0. The van der Waals surface area contributed by atoms with E-state index in [1.54, 1.807) is 17.4 Å². The lowest BCUT2D eigenvalue weighted by Gasteiger charge is -1.96. The number of thiophene rings is 1. The van der Waals surface area contributed by atoms with Gasteiger partial charge in [-0.15, -0.1) is 11.3 Å². The maximum Gasteiger partial charge on any atom is 0.185 e. The molecule has 0 radical (unpaired) electrons. The Kier molecular flexibility index (Phi) is 3.32. The monoisotopic (exact) mass is 228 g/mol. The van der Waals surface area contributed by atoms with Crippen molar-refractivity contribution in [1.29, 1.82) is 0 Å². The minimum Gasteiger partial charge on any atom is -0.289 e. The first kappa shape index (κ1) is 10.8. The number of hydrogen-bond acceptors (Lipinski definition) is 2. The summed E-state index contributed by atoms with van der Waals surface area (Å²) >= 11 is 1.62. The minimum atomic E-state index is 0.0494. The normalized spacial score (nSPS) is 10.8. The molecular weight excluding hydrogens is 216 g/mol. The number of carbonyl (C=O) groups is 1. The van der Waals surface area contributed by atoms with Crippen molar-refractivity contribution in [1.82, 2.24) is 0 Å². The van der Waals surface area contributed by atoms with Crippen molar-refractivity contribution in [3.63, 3.8) is 0 Å². The number of allylic oxidation sites excluding steroid dienone is 1. The Morgan fingerprint density at radius 2 is 1.94 bits per heavy atom. The molecule has 0 amide bonds. The van der Waals surface area contributed by atoms with Gasteiger partial charge in [-0.25, -0.2) is 0 Å². The lowest BCUT2D eigenvalue weighted by molar-refractivity contribution is 0.104. The van der Waals surface area contributed by atoms with Gasteiger partial charge in [0.15, 0.2) is 5.78 Å². The van der Waals surface area contributed by atoms with Gasteiger partial charge in [-0.05, 0) is 30.5 Å². The van der Waals surface area contributed by atoms with Crippen LogP contribution in [0.25, 0.3) is 6.08 Å². The van der Waals surface area contributed by atoms with Crippen molar-refractivity contribution >= 4 is 23.2 Å². The van der Waals surface area contributed by atoms with E-state index in [9.17, 15) is 4.79 Å². The number of carbonyl (C=O) groups excluding carboxylic acids is 1. The van der Waals surface area contributed by atoms with Crippen molar-refractivity contribution in [3.05, 3.63) is 63.9 Å². The van der Waals surface area contributed by atoms with E-state index in [1.165, 1.54) is 5.56 Å². The van der Waals surface area contributed by atoms with Gasteiger partial charge in [0.1, 0.15) is 0 Å². The van der Waals surface area contributed by atoms with E-state index >= 15 is 0 Å². The summed E-state index contributed by atoms with van der Waals surface area (Å²) in [5, 5.41) is 2.00. The van der Waals surface area contributed by atoms with Gasteiger partial charge in [0.25, 0.3) is 0 Å². The highest BCUT2D eigenvalue weighted by Gasteiger charge is 2.00. The van der Waals surface area contributed by atoms with Crippen LogP contribution < -0.4 is 0 Å². The lowest BCUT2D eigenvalue weighted by Crippen LogP contribution is -1.93. The smallest absolute Gasteiger partial charge is 0.185 e. The Hall–Kier alpha value is -1.67. The Morgan fingerprint density at radius 1 is 1.19 bits per heavy atom. The Morgan fingerprint density at radius 3 is 2.56 bits per heavy atom. The van der Waals surface area contributed by atoms with Crippen LogP contribution in [0.3, 0.4) is 0 Å². The van der Waals surface area contributed by atoms with Crippen LogP contribution in [0.4, 0.5) is 0 Å². The van der Waals surface area contributed by atoms with Gasteiger partial charge in [-0.3, -0.25) is 4.79 Å². The van der Waals surface area contributed by atoms with E-state index in [-0.39, 0.29) is 5.78 Å². The third-order valence-electron chi connectivity index (χ3n) is 2.28. The summed E-state index contributed by atoms with van der Waals surface area (Å²) in [5.41, 5.74) is 1.90. The molecule has 0 unspecified atom stereocenters. The molecule has 0 fully saturated rings. The highest BCUT2D eigenvalue weighted by Crippen LogP contribution is 2.11. The fraction of sp³-hybridized carbons (Fsp3) is 0.0714. The van der Waals surface area contributed by atoms with Gasteiger partial charge in [0.2, 0.25) is 0 Å². The predicted molar refractivity (Wildman–Crippen MR) is 68.9 cm³/mol. The summed E-state index contributed by atoms with van der Waals surface area (Å²) < 4.78 is 0. The van der Waals surface area contributed by atoms with Crippen molar-refractivity contribution in [2.75, 3.05) is 0 Å². The number of rotatable bonds is 3. The Labute approximate surface area is 99.1 Å². The molecular formula is C14H12OS. The number of aryl methyl sites for hydroxylation is 1. The van der Waals surface area contributed by atoms with Crippen LogP contribution in [-0.2, 0) is 0 Å². The molecule has 0 spiro atoms. The van der Waals surface area contributed by atoms with Gasteiger partial charge in [0.05, 0.1) is 0 Å². The minimum absolute atomic E-state index is 0.0494. The Balaban J connectivity index is 2.11. The van der Waals surface area contributed by atoms with Gasteiger partial charge in [-0.1, -0.05) is 35.9 Å². The fourth-order valence-corrected chi connectivity index (χ4v) is 1.98. The number of ketones is 1. The molecule has 80 valence electrons. The van der Waals surface area contributed by atoms with Crippen LogP contribution in [0, 0.1) is 6.92 Å². The van der Waals surface area contributed by atoms with E-state index in [2.05, 4.69) is 0 Å². The molecule has 0 saturated carbocycles. The quantitative estimate of drug-likeness (QED) is 0.574. The van der Waals surface area contributed by atoms with E-state index in [0.717, 1.165) is 10.4 Å². The van der Waals surface area contributed by atoms with Crippen LogP contribution in [0.2, 0.25) is 0 Å². The Bertz CT molecular complexity index is 492. The molecule has 1 aromatic heterocycles. The summed E-state index contributed by atoms with van der Waals surface area (Å²) in [5.74, 6) is 0.0494. The molecule has 0 saturated heterocycles. The summed E-state index contributed by atoms with van der Waals surface area (Å²) in [7, 11) is 0. The molecule has 2 heteroatoms. The third-order valence-corrected chi connectivity index (χ3v) is 3.12. The topological polar surface area (TPSA) is 17.1 Å². The van der Waals surface area contributed by atoms with Crippen molar-refractivity contribution in [2.24, 2.45) is 0 Å². The van der Waals surface area contributed by atoms with Crippen LogP contribution >= 0.6 is 11.3 Å². The van der Waals surface area contributed by atoms with Gasteiger partial charge in [-0.2, -0.15) is 0 Å². The zero-order valence-electron chi connectivity index (χ0n) is 9.01. The molecule has 0 bridgehead atoms. The van der Waals surface area contributed by atoms with Crippen LogP contribution in [0.5, 0.6) is 0 Å². The first-order chi connectivity index (χ1) is 7.75. The maximum atomic E-state index is 11.8. The largest absolute Gasteiger partial charge is 0.289 e. The van der Waals surface area contributed by atoms with Gasteiger partial charge >= 0.3 is 0 Å². The van der Waals surface area contributed by atoms with E-state index in [0.29, 0.717) is 0 Å². The van der Waals surface area contributed by atoms with E-state index in [4.69, 9.17) is 0 Å². The van der Waals surface area contributed by atoms with Crippen molar-refractivity contribution in [2.45, 2.75) is 6.92 Å². The molecule has 0 N–H and O–H groups in total. The molecule has 1 heterocycles. The maximum absolute atomic E-state index is 11.8. The second kappa shape index (κ2) is 4.90. The molecule has 1 nitrogen and oxygen atoms in total. The fourth-order valence-electron chi connectivity index (χ4n) is 1.36. The van der Waals surface area contributed by atoms with E-state index < -0.39 is 0 Å². The average Bonchev–Trinajstić information content (AvgIpc) is 2.80. The molecule has 0 aliphatic carbocycles. The van der Waals surface area contributed by atoms with Crippen molar-refractivity contribution < 1.29 is 4.79 Å². The highest BCUT2D eigenvalue weighted by molar-refractivity contribution is 7.10. The third kappa shape index (κ3) is 2.67. The standard InChI is InChI=1S/C14H12OS/c1-11-4-6-12(7-5-11)14(15)9-8-13-3-2-10-16-13/h2-10H,1H3/b9-8+. The van der Waals surface area contributed by atoms with Crippen molar-refractivity contribution in [3.8, 4) is 0 Å².